The summed E-state index contributed by atoms with van der Waals surface area (Å²) in [5.74, 6) is -0.863. The molecular formula is C11H11FN4O. The highest BCUT2D eigenvalue weighted by atomic mass is 19.1. The van der Waals surface area contributed by atoms with Gasteiger partial charge in [0.25, 0.3) is 0 Å². The number of hydrogen-bond donors (Lipinski definition) is 1. The number of halogens is 1. The molecule has 0 aliphatic rings. The second kappa shape index (κ2) is 4.32. The van der Waals surface area contributed by atoms with Crippen LogP contribution in [0.4, 0.5) is 10.1 Å². The summed E-state index contributed by atoms with van der Waals surface area (Å²) < 4.78 is 14.7. The van der Waals surface area contributed by atoms with E-state index in [9.17, 15) is 9.18 Å². The highest BCUT2D eigenvalue weighted by molar-refractivity contribution is 6.01. The van der Waals surface area contributed by atoms with Crippen molar-refractivity contribution < 1.29 is 9.18 Å². The Kier molecular flexibility index (Phi) is 2.86. The van der Waals surface area contributed by atoms with Crippen LogP contribution in [0.25, 0.3) is 0 Å². The smallest absolute Gasteiger partial charge is 0.171 e. The summed E-state index contributed by atoms with van der Waals surface area (Å²) in [5.41, 5.74) is 6.09. The topological polar surface area (TPSA) is 73.8 Å². The van der Waals surface area contributed by atoms with Gasteiger partial charge in [0.1, 0.15) is 5.82 Å². The Hall–Kier alpha value is -2.24. The number of hydrogen-bond acceptors (Lipinski definition) is 4. The maximum absolute atomic E-state index is 13.2. The first-order valence-electron chi connectivity index (χ1n) is 5.00. The number of carbonyl (C=O) groups is 1. The summed E-state index contributed by atoms with van der Waals surface area (Å²) in [6, 6.07) is 4.17. The first kappa shape index (κ1) is 11.3. The van der Waals surface area contributed by atoms with Crippen LogP contribution in [0.5, 0.6) is 0 Å². The molecule has 17 heavy (non-hydrogen) atoms. The minimum absolute atomic E-state index is 0.0570. The van der Waals surface area contributed by atoms with E-state index in [0.29, 0.717) is 5.69 Å². The van der Waals surface area contributed by atoms with E-state index in [4.69, 9.17) is 5.73 Å². The van der Waals surface area contributed by atoms with Gasteiger partial charge in [-0.25, -0.2) is 4.39 Å². The molecule has 0 atom stereocenters. The standard InChI is InChI=1S/C11H11FN4O/c1-16-6-7(14-15-16)5-10(17)8-3-2-4-9(12)11(8)13/h2-4,6H,5,13H2,1H3. The quantitative estimate of drug-likeness (QED) is 0.634. The zero-order valence-electron chi connectivity index (χ0n) is 9.22. The lowest BCUT2D eigenvalue weighted by Gasteiger charge is -2.03. The molecule has 0 aliphatic heterocycles. The summed E-state index contributed by atoms with van der Waals surface area (Å²) in [7, 11) is 1.71. The van der Waals surface area contributed by atoms with Crippen LogP contribution in [0.15, 0.2) is 24.4 Å². The first-order valence-corrected chi connectivity index (χ1v) is 5.00. The molecule has 1 heterocycles. The van der Waals surface area contributed by atoms with Crippen LogP contribution in [0.2, 0.25) is 0 Å². The number of aryl methyl sites for hydroxylation is 1. The van der Waals surface area contributed by atoms with Gasteiger partial charge in [-0.2, -0.15) is 0 Å². The van der Waals surface area contributed by atoms with E-state index < -0.39 is 5.82 Å². The van der Waals surface area contributed by atoms with Crippen LogP contribution < -0.4 is 5.73 Å². The van der Waals surface area contributed by atoms with Gasteiger partial charge in [-0.3, -0.25) is 9.48 Å². The molecule has 0 amide bonds. The van der Waals surface area contributed by atoms with Gasteiger partial charge in [-0.15, -0.1) is 5.10 Å². The number of Topliss-reactive ketones (excluding diaryl/α,β-unsaturated/α-hetero) is 1. The number of rotatable bonds is 3. The second-order valence-corrected chi connectivity index (χ2v) is 3.68. The first-order chi connectivity index (χ1) is 8.08. The molecule has 0 saturated heterocycles. The molecule has 2 N–H and O–H groups in total. The number of para-hydroxylation sites is 1. The van der Waals surface area contributed by atoms with E-state index in [1.54, 1.807) is 13.2 Å². The third kappa shape index (κ3) is 2.30. The number of nitrogen functional groups attached to an aromatic ring is 1. The molecule has 0 fully saturated rings. The lowest BCUT2D eigenvalue weighted by Crippen LogP contribution is -2.08. The molecular weight excluding hydrogens is 223 g/mol. The predicted molar refractivity (Wildman–Crippen MR) is 59.8 cm³/mol. The molecule has 0 unspecified atom stereocenters. The fraction of sp³-hybridized carbons (Fsp3) is 0.182. The Morgan fingerprint density at radius 3 is 2.94 bits per heavy atom. The van der Waals surface area contributed by atoms with E-state index in [1.807, 2.05) is 0 Å². The number of aromatic nitrogens is 3. The summed E-state index contributed by atoms with van der Waals surface area (Å²) in [5, 5.41) is 7.50. The minimum atomic E-state index is -0.588. The fourth-order valence-corrected chi connectivity index (χ4v) is 1.52. The summed E-state index contributed by atoms with van der Waals surface area (Å²) in [6.45, 7) is 0. The molecule has 1 aromatic heterocycles. The molecule has 5 nitrogen and oxygen atoms in total. The maximum Gasteiger partial charge on any atom is 0.171 e. The molecule has 0 spiro atoms. The molecule has 0 bridgehead atoms. The summed E-state index contributed by atoms with van der Waals surface area (Å²) >= 11 is 0. The average Bonchev–Trinajstić information content (AvgIpc) is 2.68. The number of nitrogens with two attached hydrogens (primary N) is 1. The number of benzene rings is 1. The van der Waals surface area contributed by atoms with E-state index in [-0.39, 0.29) is 23.5 Å². The van der Waals surface area contributed by atoms with Crippen LogP contribution in [0.3, 0.4) is 0 Å². The Labute approximate surface area is 97.0 Å². The van der Waals surface area contributed by atoms with Crippen molar-refractivity contribution in [2.75, 3.05) is 5.73 Å². The van der Waals surface area contributed by atoms with Crippen LogP contribution in [-0.4, -0.2) is 20.8 Å². The van der Waals surface area contributed by atoms with Crippen molar-refractivity contribution in [3.63, 3.8) is 0 Å². The second-order valence-electron chi connectivity index (χ2n) is 3.68. The lowest BCUT2D eigenvalue weighted by atomic mass is 10.0. The normalized spacial score (nSPS) is 10.5. The van der Waals surface area contributed by atoms with Crippen LogP contribution in [0.1, 0.15) is 16.1 Å². The summed E-state index contributed by atoms with van der Waals surface area (Å²) in [6.07, 6.45) is 1.69. The van der Waals surface area contributed by atoms with Gasteiger partial charge in [0.15, 0.2) is 5.78 Å². The van der Waals surface area contributed by atoms with Gasteiger partial charge >= 0.3 is 0 Å². The minimum Gasteiger partial charge on any atom is -0.396 e. The Bertz CT molecular complexity index is 564. The molecule has 88 valence electrons. The van der Waals surface area contributed by atoms with Gasteiger partial charge < -0.3 is 5.73 Å². The van der Waals surface area contributed by atoms with Gasteiger partial charge in [-0.05, 0) is 12.1 Å². The average molecular weight is 234 g/mol. The molecule has 2 aromatic rings. The van der Waals surface area contributed by atoms with E-state index in [1.165, 1.54) is 22.9 Å². The van der Waals surface area contributed by atoms with Crippen LogP contribution in [-0.2, 0) is 13.5 Å². The van der Waals surface area contributed by atoms with Crippen molar-refractivity contribution in [2.45, 2.75) is 6.42 Å². The third-order valence-electron chi connectivity index (χ3n) is 2.35. The largest absolute Gasteiger partial charge is 0.396 e. The Morgan fingerprint density at radius 2 is 2.29 bits per heavy atom. The highest BCUT2D eigenvalue weighted by Crippen LogP contribution is 2.17. The molecule has 0 radical (unpaired) electrons. The molecule has 0 aliphatic carbocycles. The number of ketones is 1. The van der Waals surface area contributed by atoms with Crippen molar-refractivity contribution in [1.82, 2.24) is 15.0 Å². The molecule has 6 heteroatoms. The van der Waals surface area contributed by atoms with Crippen LogP contribution >= 0.6 is 0 Å². The van der Waals surface area contributed by atoms with Crippen molar-refractivity contribution in [1.29, 1.82) is 0 Å². The monoisotopic (exact) mass is 234 g/mol. The molecule has 0 saturated carbocycles. The fourth-order valence-electron chi connectivity index (χ4n) is 1.52. The van der Waals surface area contributed by atoms with Crippen molar-refractivity contribution in [3.05, 3.63) is 41.5 Å². The zero-order chi connectivity index (χ0) is 12.4. The number of nitrogens with zero attached hydrogens (tertiary/aromatic N) is 3. The third-order valence-corrected chi connectivity index (χ3v) is 2.35. The SMILES string of the molecule is Cn1cc(CC(=O)c2cccc(F)c2N)nn1. The maximum atomic E-state index is 13.2. The highest BCUT2D eigenvalue weighted by Gasteiger charge is 2.14. The van der Waals surface area contributed by atoms with Crippen molar-refractivity contribution >= 4 is 11.5 Å². The van der Waals surface area contributed by atoms with Crippen molar-refractivity contribution in [2.24, 2.45) is 7.05 Å². The van der Waals surface area contributed by atoms with Gasteiger partial charge in [-0.1, -0.05) is 11.3 Å². The van der Waals surface area contributed by atoms with Crippen molar-refractivity contribution in [3.8, 4) is 0 Å². The van der Waals surface area contributed by atoms with E-state index in [2.05, 4.69) is 10.3 Å². The van der Waals surface area contributed by atoms with Gasteiger partial charge in [0.2, 0.25) is 0 Å². The van der Waals surface area contributed by atoms with Gasteiger partial charge in [0.05, 0.1) is 17.8 Å². The predicted octanol–water partition coefficient (Wildman–Crippen LogP) is 0.962. The summed E-state index contributed by atoms with van der Waals surface area (Å²) in [4.78, 5) is 11.9. The van der Waals surface area contributed by atoms with Gasteiger partial charge in [0, 0.05) is 18.8 Å². The molecule has 2 rings (SSSR count). The Morgan fingerprint density at radius 1 is 1.53 bits per heavy atom. The molecule has 1 aromatic carbocycles. The number of carbonyl (C=O) groups excluding carboxylic acids is 1. The Balaban J connectivity index is 2.23. The van der Waals surface area contributed by atoms with E-state index >= 15 is 0 Å². The van der Waals surface area contributed by atoms with Crippen LogP contribution in [0, 0.1) is 5.82 Å². The van der Waals surface area contributed by atoms with E-state index in [0.717, 1.165) is 0 Å². The number of anilines is 1. The zero-order valence-corrected chi connectivity index (χ0v) is 9.22. The lowest BCUT2D eigenvalue weighted by molar-refractivity contribution is 0.0992.